The lowest BCUT2D eigenvalue weighted by atomic mass is 10.3. The van der Waals surface area contributed by atoms with E-state index in [1.807, 2.05) is 24.3 Å². The summed E-state index contributed by atoms with van der Waals surface area (Å²) in [5, 5.41) is 5.12. The fourth-order valence-electron chi connectivity index (χ4n) is 1.86. The van der Waals surface area contributed by atoms with Gasteiger partial charge in [-0.2, -0.15) is 0 Å². The third kappa shape index (κ3) is 4.35. The van der Waals surface area contributed by atoms with Crippen molar-refractivity contribution in [1.82, 2.24) is 9.97 Å². The number of hydrogen-bond acceptors (Lipinski definition) is 4. The zero-order valence-electron chi connectivity index (χ0n) is 12.6. The summed E-state index contributed by atoms with van der Waals surface area (Å²) in [6.07, 6.45) is 1.89. The largest absolute Gasteiger partial charge is 0.370 e. The summed E-state index contributed by atoms with van der Waals surface area (Å²) < 4.78 is 0. The van der Waals surface area contributed by atoms with Gasteiger partial charge in [-0.05, 0) is 31.5 Å². The SMILES string of the molecule is CCCNc1nc(CC)nc(Sc2cccc(Cl)c2)c1C. The Labute approximate surface area is 135 Å². The molecule has 1 N–H and O–H groups in total. The van der Waals surface area contributed by atoms with Gasteiger partial charge in [-0.25, -0.2) is 9.97 Å². The monoisotopic (exact) mass is 321 g/mol. The summed E-state index contributed by atoms with van der Waals surface area (Å²) >= 11 is 7.68. The van der Waals surface area contributed by atoms with Crippen LogP contribution in [-0.2, 0) is 6.42 Å². The van der Waals surface area contributed by atoms with Crippen molar-refractivity contribution in [3.63, 3.8) is 0 Å². The van der Waals surface area contributed by atoms with Crippen molar-refractivity contribution in [2.45, 2.75) is 43.5 Å². The molecule has 1 aromatic heterocycles. The molecule has 3 nitrogen and oxygen atoms in total. The Bertz CT molecular complexity index is 616. The molecule has 21 heavy (non-hydrogen) atoms. The molecule has 0 amide bonds. The lowest BCUT2D eigenvalue weighted by Crippen LogP contribution is -2.08. The maximum absolute atomic E-state index is 6.05. The van der Waals surface area contributed by atoms with E-state index < -0.39 is 0 Å². The summed E-state index contributed by atoms with van der Waals surface area (Å²) in [5.41, 5.74) is 1.09. The first kappa shape index (κ1) is 16.1. The molecule has 0 spiro atoms. The number of nitrogens with one attached hydrogen (secondary N) is 1. The van der Waals surface area contributed by atoms with E-state index in [1.54, 1.807) is 11.8 Å². The molecule has 0 aliphatic carbocycles. The van der Waals surface area contributed by atoms with Gasteiger partial charge in [-0.15, -0.1) is 0 Å². The molecule has 1 aromatic carbocycles. The number of hydrogen-bond donors (Lipinski definition) is 1. The highest BCUT2D eigenvalue weighted by Crippen LogP contribution is 2.32. The zero-order chi connectivity index (χ0) is 15.2. The van der Waals surface area contributed by atoms with Crippen LogP contribution in [0.15, 0.2) is 34.2 Å². The van der Waals surface area contributed by atoms with Crippen molar-refractivity contribution < 1.29 is 0 Å². The predicted molar refractivity (Wildman–Crippen MR) is 90.5 cm³/mol. The number of halogens is 1. The van der Waals surface area contributed by atoms with E-state index in [0.29, 0.717) is 0 Å². The van der Waals surface area contributed by atoms with E-state index in [-0.39, 0.29) is 0 Å². The average Bonchev–Trinajstić information content (AvgIpc) is 2.48. The lowest BCUT2D eigenvalue weighted by Gasteiger charge is -2.13. The second-order valence-corrected chi connectivity index (χ2v) is 6.26. The summed E-state index contributed by atoms with van der Waals surface area (Å²) in [4.78, 5) is 10.3. The second kappa shape index (κ2) is 7.66. The number of nitrogens with zero attached hydrogens (tertiary/aromatic N) is 2. The molecule has 0 radical (unpaired) electrons. The molecule has 2 aromatic rings. The van der Waals surface area contributed by atoms with Crippen LogP contribution in [0.25, 0.3) is 0 Å². The third-order valence-corrected chi connectivity index (χ3v) is 4.33. The van der Waals surface area contributed by atoms with Gasteiger partial charge in [0.1, 0.15) is 16.7 Å². The topological polar surface area (TPSA) is 37.8 Å². The summed E-state index contributed by atoms with van der Waals surface area (Å²) in [5.74, 6) is 1.80. The van der Waals surface area contributed by atoms with E-state index in [4.69, 9.17) is 11.6 Å². The van der Waals surface area contributed by atoms with Crippen molar-refractivity contribution in [3.8, 4) is 0 Å². The molecule has 0 saturated carbocycles. The van der Waals surface area contributed by atoms with Crippen molar-refractivity contribution in [2.24, 2.45) is 0 Å². The number of aromatic nitrogens is 2. The number of rotatable bonds is 6. The standard InChI is InChI=1S/C16H20ClN3S/c1-4-9-18-15-11(3)16(20-14(5-2)19-15)21-13-8-6-7-12(17)10-13/h6-8,10H,4-5,9H2,1-3H3,(H,18,19,20). The van der Waals surface area contributed by atoms with Crippen molar-refractivity contribution >= 4 is 29.2 Å². The maximum Gasteiger partial charge on any atom is 0.133 e. The molecular weight excluding hydrogens is 302 g/mol. The second-order valence-electron chi connectivity index (χ2n) is 4.76. The molecule has 0 saturated heterocycles. The fraction of sp³-hybridized carbons (Fsp3) is 0.375. The van der Waals surface area contributed by atoms with Crippen LogP contribution in [0.2, 0.25) is 5.02 Å². The van der Waals surface area contributed by atoms with Crippen LogP contribution >= 0.6 is 23.4 Å². The van der Waals surface area contributed by atoms with Crippen LogP contribution in [0.4, 0.5) is 5.82 Å². The minimum Gasteiger partial charge on any atom is -0.370 e. The van der Waals surface area contributed by atoms with Crippen LogP contribution in [0, 0.1) is 6.92 Å². The first-order valence-corrected chi connectivity index (χ1v) is 8.38. The molecular formula is C16H20ClN3S. The minimum absolute atomic E-state index is 0.742. The highest BCUT2D eigenvalue weighted by molar-refractivity contribution is 7.99. The van der Waals surface area contributed by atoms with Crippen LogP contribution in [-0.4, -0.2) is 16.5 Å². The van der Waals surface area contributed by atoms with E-state index >= 15 is 0 Å². The highest BCUT2D eigenvalue weighted by Gasteiger charge is 2.11. The van der Waals surface area contributed by atoms with Gasteiger partial charge in [0, 0.05) is 28.4 Å². The number of anilines is 1. The summed E-state index contributed by atoms with van der Waals surface area (Å²) in [6.45, 7) is 7.20. The Balaban J connectivity index is 2.33. The molecule has 5 heteroatoms. The van der Waals surface area contributed by atoms with Crippen molar-refractivity contribution in [3.05, 3.63) is 40.7 Å². The van der Waals surface area contributed by atoms with Gasteiger partial charge in [0.2, 0.25) is 0 Å². The van der Waals surface area contributed by atoms with Gasteiger partial charge in [0.25, 0.3) is 0 Å². The van der Waals surface area contributed by atoms with E-state index in [2.05, 4.69) is 36.1 Å². The first-order chi connectivity index (χ1) is 10.1. The van der Waals surface area contributed by atoms with Gasteiger partial charge in [0.05, 0.1) is 0 Å². The highest BCUT2D eigenvalue weighted by atomic mass is 35.5. The summed E-state index contributed by atoms with van der Waals surface area (Å²) in [7, 11) is 0. The van der Waals surface area contributed by atoms with Crippen molar-refractivity contribution in [2.75, 3.05) is 11.9 Å². The molecule has 0 aliphatic heterocycles. The van der Waals surface area contributed by atoms with Gasteiger partial charge in [-0.1, -0.05) is 43.3 Å². The molecule has 2 rings (SSSR count). The Kier molecular flexibility index (Phi) is 5.88. The van der Waals surface area contributed by atoms with Crippen LogP contribution in [0.3, 0.4) is 0 Å². The zero-order valence-corrected chi connectivity index (χ0v) is 14.2. The van der Waals surface area contributed by atoms with Gasteiger partial charge in [0.15, 0.2) is 0 Å². The Morgan fingerprint density at radius 3 is 2.71 bits per heavy atom. The van der Waals surface area contributed by atoms with Gasteiger partial charge >= 0.3 is 0 Å². The molecule has 0 aliphatic rings. The van der Waals surface area contributed by atoms with Crippen LogP contribution in [0.1, 0.15) is 31.7 Å². The maximum atomic E-state index is 6.05. The van der Waals surface area contributed by atoms with E-state index in [0.717, 1.165) is 51.5 Å². The van der Waals surface area contributed by atoms with Gasteiger partial charge in [-0.3, -0.25) is 0 Å². The number of aryl methyl sites for hydroxylation is 1. The minimum atomic E-state index is 0.742. The predicted octanol–water partition coefficient (Wildman–Crippen LogP) is 4.97. The van der Waals surface area contributed by atoms with Gasteiger partial charge < -0.3 is 5.32 Å². The normalized spacial score (nSPS) is 10.7. The van der Waals surface area contributed by atoms with Crippen LogP contribution in [0.5, 0.6) is 0 Å². The first-order valence-electron chi connectivity index (χ1n) is 7.18. The smallest absolute Gasteiger partial charge is 0.133 e. The Hall–Kier alpha value is -1.26. The van der Waals surface area contributed by atoms with E-state index in [1.165, 1.54) is 0 Å². The third-order valence-electron chi connectivity index (χ3n) is 3.02. The molecule has 112 valence electrons. The molecule has 0 unspecified atom stereocenters. The summed E-state index contributed by atoms with van der Waals surface area (Å²) in [6, 6.07) is 7.84. The van der Waals surface area contributed by atoms with Crippen LogP contribution < -0.4 is 5.32 Å². The Morgan fingerprint density at radius 1 is 1.24 bits per heavy atom. The number of benzene rings is 1. The quantitative estimate of drug-likeness (QED) is 0.762. The fourth-order valence-corrected chi connectivity index (χ4v) is 3.07. The lowest BCUT2D eigenvalue weighted by molar-refractivity contribution is 0.861. The average molecular weight is 322 g/mol. The molecule has 0 bridgehead atoms. The Morgan fingerprint density at radius 2 is 2.05 bits per heavy atom. The molecule has 0 fully saturated rings. The molecule has 0 atom stereocenters. The molecule has 1 heterocycles. The van der Waals surface area contributed by atoms with Crippen molar-refractivity contribution in [1.29, 1.82) is 0 Å². The van der Waals surface area contributed by atoms with E-state index in [9.17, 15) is 0 Å².